The molecule has 1 aromatic heterocycles. The zero-order valence-corrected chi connectivity index (χ0v) is 19.3. The third kappa shape index (κ3) is 5.66. The standard InChI is InChI=1S/C27H27FN4O3/c1-2-12-29-26(34)23-18-30(17-20-6-4-3-5-7-20)19-24(25(23)33)27(35)32-15-13-31(14-16-32)22-10-8-21(28)9-11-22/h2-11,18-19H,1,12-17H2,(H,29,34). The number of benzene rings is 2. The van der Waals surface area contributed by atoms with Gasteiger partial charge in [0.15, 0.2) is 0 Å². The molecular formula is C27H27FN4O3. The van der Waals surface area contributed by atoms with Gasteiger partial charge >= 0.3 is 0 Å². The normalized spacial score (nSPS) is 13.4. The van der Waals surface area contributed by atoms with E-state index in [9.17, 15) is 18.8 Å². The molecule has 0 atom stereocenters. The fraction of sp³-hybridized carbons (Fsp3) is 0.222. The van der Waals surface area contributed by atoms with E-state index in [0.717, 1.165) is 11.3 Å². The molecule has 1 aliphatic heterocycles. The number of anilines is 1. The van der Waals surface area contributed by atoms with E-state index in [1.165, 1.54) is 30.6 Å². The second kappa shape index (κ2) is 10.8. The van der Waals surface area contributed by atoms with Crippen LogP contribution in [-0.4, -0.2) is 54.0 Å². The average Bonchev–Trinajstić information content (AvgIpc) is 2.89. The van der Waals surface area contributed by atoms with Gasteiger partial charge in [-0.1, -0.05) is 36.4 Å². The lowest BCUT2D eigenvalue weighted by Crippen LogP contribution is -2.50. The van der Waals surface area contributed by atoms with Crippen molar-refractivity contribution in [1.29, 1.82) is 0 Å². The summed E-state index contributed by atoms with van der Waals surface area (Å²) in [4.78, 5) is 42.9. The van der Waals surface area contributed by atoms with Gasteiger partial charge in [0.1, 0.15) is 16.9 Å². The Balaban J connectivity index is 1.58. The summed E-state index contributed by atoms with van der Waals surface area (Å²) in [7, 11) is 0. The summed E-state index contributed by atoms with van der Waals surface area (Å²) >= 11 is 0. The molecule has 8 heteroatoms. The summed E-state index contributed by atoms with van der Waals surface area (Å²) in [5, 5.41) is 2.63. The van der Waals surface area contributed by atoms with Crippen LogP contribution in [0.15, 0.2) is 84.4 Å². The molecule has 0 saturated carbocycles. The van der Waals surface area contributed by atoms with Gasteiger partial charge in [-0.3, -0.25) is 14.4 Å². The molecule has 35 heavy (non-hydrogen) atoms. The lowest BCUT2D eigenvalue weighted by Gasteiger charge is -2.36. The summed E-state index contributed by atoms with van der Waals surface area (Å²) in [6.45, 7) is 6.10. The number of carbonyl (C=O) groups is 2. The number of hydrogen-bond acceptors (Lipinski definition) is 4. The highest BCUT2D eigenvalue weighted by atomic mass is 19.1. The molecule has 0 radical (unpaired) electrons. The third-order valence-electron chi connectivity index (χ3n) is 5.93. The summed E-state index contributed by atoms with van der Waals surface area (Å²) in [6, 6.07) is 15.8. The quantitative estimate of drug-likeness (QED) is 0.535. The molecule has 3 aromatic rings. The van der Waals surface area contributed by atoms with E-state index in [0.29, 0.717) is 32.7 Å². The van der Waals surface area contributed by atoms with Gasteiger partial charge in [0.2, 0.25) is 5.43 Å². The van der Waals surface area contributed by atoms with Gasteiger partial charge in [-0.2, -0.15) is 0 Å². The minimum Gasteiger partial charge on any atom is -0.368 e. The van der Waals surface area contributed by atoms with Crippen molar-refractivity contribution in [2.24, 2.45) is 0 Å². The first-order valence-corrected chi connectivity index (χ1v) is 11.4. The third-order valence-corrected chi connectivity index (χ3v) is 5.93. The van der Waals surface area contributed by atoms with Crippen molar-refractivity contribution in [3.8, 4) is 0 Å². The van der Waals surface area contributed by atoms with E-state index in [1.54, 1.807) is 21.6 Å². The number of piperazine rings is 1. The Bertz CT molecular complexity index is 1260. The Hall–Kier alpha value is -4.20. The van der Waals surface area contributed by atoms with E-state index < -0.39 is 17.2 Å². The van der Waals surface area contributed by atoms with Crippen molar-refractivity contribution in [2.75, 3.05) is 37.6 Å². The number of pyridine rings is 1. The summed E-state index contributed by atoms with van der Waals surface area (Å²) in [5.41, 5.74) is 1.13. The number of nitrogens with one attached hydrogen (secondary N) is 1. The van der Waals surface area contributed by atoms with Crippen molar-refractivity contribution < 1.29 is 14.0 Å². The van der Waals surface area contributed by atoms with Crippen LogP contribution in [-0.2, 0) is 6.54 Å². The van der Waals surface area contributed by atoms with Crippen LogP contribution in [0.5, 0.6) is 0 Å². The largest absolute Gasteiger partial charge is 0.368 e. The summed E-state index contributed by atoms with van der Waals surface area (Å²) in [5.74, 6) is -1.26. The molecule has 0 unspecified atom stereocenters. The molecule has 1 fully saturated rings. The first-order chi connectivity index (χ1) is 17.0. The number of halogens is 1. The molecule has 1 N–H and O–H groups in total. The minimum atomic E-state index is -0.596. The van der Waals surface area contributed by atoms with E-state index in [4.69, 9.17) is 0 Å². The highest BCUT2D eigenvalue weighted by Crippen LogP contribution is 2.18. The first kappa shape index (κ1) is 23.9. The summed E-state index contributed by atoms with van der Waals surface area (Å²) in [6.07, 6.45) is 4.53. The van der Waals surface area contributed by atoms with E-state index in [-0.39, 0.29) is 23.5 Å². The van der Waals surface area contributed by atoms with Crippen LogP contribution in [0.3, 0.4) is 0 Å². The van der Waals surface area contributed by atoms with Crippen LogP contribution in [0, 0.1) is 5.82 Å². The smallest absolute Gasteiger partial charge is 0.259 e. The molecule has 0 bridgehead atoms. The number of carbonyl (C=O) groups excluding carboxylic acids is 2. The predicted octanol–water partition coefficient (Wildman–Crippen LogP) is 2.91. The second-order valence-electron chi connectivity index (χ2n) is 8.33. The molecule has 2 aromatic carbocycles. The number of hydrogen-bond donors (Lipinski definition) is 1. The van der Waals surface area contributed by atoms with Crippen LogP contribution in [0.2, 0.25) is 0 Å². The van der Waals surface area contributed by atoms with Gasteiger partial charge in [-0.05, 0) is 29.8 Å². The zero-order valence-electron chi connectivity index (χ0n) is 19.3. The fourth-order valence-corrected chi connectivity index (χ4v) is 4.08. The fourth-order valence-electron chi connectivity index (χ4n) is 4.08. The van der Waals surface area contributed by atoms with Crippen LogP contribution in [0.25, 0.3) is 0 Å². The van der Waals surface area contributed by atoms with Crippen molar-refractivity contribution in [2.45, 2.75) is 6.54 Å². The molecule has 7 nitrogen and oxygen atoms in total. The maximum atomic E-state index is 13.4. The lowest BCUT2D eigenvalue weighted by atomic mass is 10.1. The van der Waals surface area contributed by atoms with Gasteiger partial charge < -0.3 is 19.7 Å². The molecular weight excluding hydrogens is 447 g/mol. The Morgan fingerprint density at radius 3 is 2.26 bits per heavy atom. The Morgan fingerprint density at radius 2 is 1.60 bits per heavy atom. The van der Waals surface area contributed by atoms with Crippen LogP contribution in [0.1, 0.15) is 26.3 Å². The second-order valence-corrected chi connectivity index (χ2v) is 8.33. The van der Waals surface area contributed by atoms with E-state index in [1.807, 2.05) is 30.3 Å². The van der Waals surface area contributed by atoms with Crippen LogP contribution in [0.4, 0.5) is 10.1 Å². The highest BCUT2D eigenvalue weighted by Gasteiger charge is 2.26. The van der Waals surface area contributed by atoms with Crippen molar-refractivity contribution >= 4 is 17.5 Å². The van der Waals surface area contributed by atoms with E-state index >= 15 is 0 Å². The number of aromatic nitrogens is 1. The Kier molecular flexibility index (Phi) is 7.40. The van der Waals surface area contributed by atoms with Crippen LogP contribution < -0.4 is 15.6 Å². The zero-order chi connectivity index (χ0) is 24.8. The Morgan fingerprint density at radius 1 is 0.943 bits per heavy atom. The SMILES string of the molecule is C=CCNC(=O)c1cn(Cc2ccccc2)cc(C(=O)N2CCN(c3ccc(F)cc3)CC2)c1=O. The maximum absolute atomic E-state index is 13.4. The molecule has 180 valence electrons. The van der Waals surface area contributed by atoms with Gasteiger partial charge in [0, 0.05) is 57.3 Å². The number of rotatable bonds is 7. The Labute approximate surface area is 203 Å². The highest BCUT2D eigenvalue weighted by molar-refractivity contribution is 5.99. The topological polar surface area (TPSA) is 74.7 Å². The van der Waals surface area contributed by atoms with Crippen molar-refractivity contribution in [1.82, 2.24) is 14.8 Å². The molecule has 0 spiro atoms. The molecule has 1 saturated heterocycles. The average molecular weight is 475 g/mol. The maximum Gasteiger partial charge on any atom is 0.259 e. The van der Waals surface area contributed by atoms with Gasteiger partial charge in [-0.15, -0.1) is 6.58 Å². The predicted molar refractivity (Wildman–Crippen MR) is 133 cm³/mol. The molecule has 0 aliphatic carbocycles. The summed E-state index contributed by atoms with van der Waals surface area (Å²) < 4.78 is 14.9. The van der Waals surface area contributed by atoms with Crippen molar-refractivity contribution in [3.05, 3.63) is 112 Å². The van der Waals surface area contributed by atoms with Crippen molar-refractivity contribution in [3.63, 3.8) is 0 Å². The van der Waals surface area contributed by atoms with Crippen LogP contribution >= 0.6 is 0 Å². The van der Waals surface area contributed by atoms with Gasteiger partial charge in [-0.25, -0.2) is 4.39 Å². The van der Waals surface area contributed by atoms with Gasteiger partial charge in [0.05, 0.1) is 0 Å². The monoisotopic (exact) mass is 474 g/mol. The molecule has 2 amide bonds. The lowest BCUT2D eigenvalue weighted by molar-refractivity contribution is 0.0744. The number of amides is 2. The molecule has 4 rings (SSSR count). The van der Waals surface area contributed by atoms with Gasteiger partial charge in [0.25, 0.3) is 11.8 Å². The number of nitrogens with zero attached hydrogens (tertiary/aromatic N) is 3. The molecule has 2 heterocycles. The first-order valence-electron chi connectivity index (χ1n) is 11.4. The molecule has 1 aliphatic rings. The minimum absolute atomic E-state index is 0.0394. The van der Waals surface area contributed by atoms with E-state index in [2.05, 4.69) is 16.8 Å².